The van der Waals surface area contributed by atoms with Crippen molar-refractivity contribution >= 4 is 28.2 Å². The number of aromatic nitrogens is 1. The molecule has 6 nitrogen and oxygen atoms in total. The molecule has 2 aromatic carbocycles. The maximum Gasteiger partial charge on any atom is 0.138 e. The molecule has 0 spiro atoms. The summed E-state index contributed by atoms with van der Waals surface area (Å²) in [5.41, 5.74) is 1.36. The number of rotatable bonds is 6. The highest BCUT2D eigenvalue weighted by Crippen LogP contribution is 2.33. The van der Waals surface area contributed by atoms with E-state index in [0.29, 0.717) is 57.8 Å². The number of fused-ring (bicyclic) bond motifs is 1. The third-order valence-electron chi connectivity index (χ3n) is 5.38. The fraction of sp³-hybridized carbons (Fsp3) is 0.304. The monoisotopic (exact) mass is 441 g/mol. The first-order valence-corrected chi connectivity index (χ1v) is 11.3. The fourth-order valence-electron chi connectivity index (χ4n) is 3.69. The average molecular weight is 442 g/mol. The lowest BCUT2D eigenvalue weighted by Gasteiger charge is -2.30. The lowest BCUT2D eigenvalue weighted by molar-refractivity contribution is -0.107. The maximum atomic E-state index is 14.6. The first-order valence-electron chi connectivity index (χ1n) is 10.2. The van der Waals surface area contributed by atoms with E-state index in [4.69, 9.17) is 4.74 Å². The predicted molar refractivity (Wildman–Crippen MR) is 118 cm³/mol. The van der Waals surface area contributed by atoms with Crippen molar-refractivity contribution in [3.8, 4) is 11.5 Å². The minimum absolute atomic E-state index is 0.0188. The number of nitrogens with zero attached hydrogens (tertiary/aromatic N) is 2. The number of hydrogen-bond donors (Lipinski definition) is 1. The Morgan fingerprint density at radius 1 is 1.29 bits per heavy atom. The van der Waals surface area contributed by atoms with Gasteiger partial charge in [0, 0.05) is 49.2 Å². The van der Waals surface area contributed by atoms with Gasteiger partial charge in [-0.3, -0.25) is 4.98 Å². The molecule has 0 bridgehead atoms. The fourth-order valence-corrected chi connectivity index (χ4v) is 5.01. The van der Waals surface area contributed by atoms with Crippen molar-refractivity contribution in [2.45, 2.75) is 31.2 Å². The largest absolute Gasteiger partial charge is 0.456 e. The Balaban J connectivity index is 1.67. The van der Waals surface area contributed by atoms with E-state index in [1.165, 1.54) is 0 Å². The number of hydrogen-bond acceptors (Lipinski definition) is 5. The molecule has 0 saturated carbocycles. The summed E-state index contributed by atoms with van der Waals surface area (Å²) in [6, 6.07) is 10.7. The van der Waals surface area contributed by atoms with Gasteiger partial charge >= 0.3 is 0 Å². The number of carbonyl (C=O) groups excluding carboxylic acids is 1. The van der Waals surface area contributed by atoms with Gasteiger partial charge in [0.25, 0.3) is 0 Å². The van der Waals surface area contributed by atoms with Crippen molar-refractivity contribution in [3.63, 3.8) is 0 Å². The highest BCUT2D eigenvalue weighted by atomic mass is 32.2. The molecule has 0 amide bonds. The van der Waals surface area contributed by atoms with Crippen molar-refractivity contribution in [1.29, 1.82) is 0 Å². The third kappa shape index (κ3) is 4.51. The summed E-state index contributed by atoms with van der Waals surface area (Å²) in [5, 5.41) is 4.05. The molecule has 1 saturated heterocycles. The van der Waals surface area contributed by atoms with E-state index < -0.39 is 16.8 Å². The van der Waals surface area contributed by atoms with Crippen LogP contribution in [0.2, 0.25) is 0 Å². The zero-order valence-electron chi connectivity index (χ0n) is 17.4. The van der Waals surface area contributed by atoms with Crippen molar-refractivity contribution in [1.82, 2.24) is 14.6 Å². The number of ether oxygens (including phenoxy) is 1. The van der Waals surface area contributed by atoms with E-state index in [1.54, 1.807) is 31.3 Å². The molecule has 8 heteroatoms. The van der Waals surface area contributed by atoms with E-state index in [1.807, 2.05) is 22.5 Å². The molecule has 1 unspecified atom stereocenters. The van der Waals surface area contributed by atoms with Gasteiger partial charge in [0.1, 0.15) is 34.6 Å². The third-order valence-corrected chi connectivity index (χ3v) is 6.84. The van der Waals surface area contributed by atoms with E-state index in [-0.39, 0.29) is 12.5 Å². The predicted octanol–water partition coefficient (Wildman–Crippen LogP) is 3.53. The van der Waals surface area contributed by atoms with Crippen molar-refractivity contribution in [2.75, 3.05) is 19.6 Å². The number of pyridine rings is 1. The standard InChI is InChI=1S/C23H24FN3O3S/c1-15-14-27(11-10-25-15)31(29)18-4-5-20-19(13-18)22(7-9-26-20)30-21-6-3-17(8-12-28)23(24)16(21)2/h3-7,9,12-13,15,25H,8,10-11,14H2,1-2H3/t15-,31?/m0/s1. The van der Waals surface area contributed by atoms with Gasteiger partial charge in [-0.25, -0.2) is 12.9 Å². The van der Waals surface area contributed by atoms with Gasteiger partial charge in [-0.1, -0.05) is 6.07 Å². The Kier molecular flexibility index (Phi) is 6.41. The summed E-state index contributed by atoms with van der Waals surface area (Å²) in [4.78, 5) is 15.8. The Hall–Kier alpha value is -2.68. The maximum absolute atomic E-state index is 14.6. The molecule has 0 radical (unpaired) electrons. The summed E-state index contributed by atoms with van der Waals surface area (Å²) >= 11 is 0. The molecular weight excluding hydrogens is 417 g/mol. The van der Waals surface area contributed by atoms with Gasteiger partial charge in [-0.05, 0) is 49.7 Å². The van der Waals surface area contributed by atoms with E-state index in [2.05, 4.69) is 17.2 Å². The topological polar surface area (TPSA) is 71.5 Å². The van der Waals surface area contributed by atoms with Crippen LogP contribution >= 0.6 is 0 Å². The lowest BCUT2D eigenvalue weighted by atomic mass is 10.1. The first kappa shape index (κ1) is 21.5. The Labute approximate surface area is 183 Å². The molecule has 1 aromatic heterocycles. The molecule has 162 valence electrons. The number of carbonyl (C=O) groups is 1. The van der Waals surface area contributed by atoms with Gasteiger partial charge in [0.15, 0.2) is 0 Å². The number of nitrogens with one attached hydrogen (secondary N) is 1. The zero-order chi connectivity index (χ0) is 22.0. The highest BCUT2D eigenvalue weighted by Gasteiger charge is 2.22. The number of piperazine rings is 1. The van der Waals surface area contributed by atoms with Crippen LogP contribution in [0.1, 0.15) is 18.1 Å². The zero-order valence-corrected chi connectivity index (χ0v) is 18.2. The second-order valence-corrected chi connectivity index (χ2v) is 9.10. The Morgan fingerprint density at radius 2 is 2.13 bits per heavy atom. The molecule has 0 aliphatic carbocycles. The van der Waals surface area contributed by atoms with Crippen LogP contribution in [0.25, 0.3) is 10.9 Å². The normalized spacial score (nSPS) is 18.1. The Morgan fingerprint density at radius 3 is 2.90 bits per heavy atom. The SMILES string of the molecule is Cc1c(Oc2ccnc3ccc(S(=O)N4CCN[C@@H](C)C4)cc23)ccc(CC=O)c1F. The van der Waals surface area contributed by atoms with Gasteiger partial charge in [0.2, 0.25) is 0 Å². The molecule has 1 fully saturated rings. The first-order chi connectivity index (χ1) is 15.0. The molecular formula is C23H24FN3O3S. The minimum atomic E-state index is -1.30. The van der Waals surface area contributed by atoms with Crippen LogP contribution < -0.4 is 10.1 Å². The van der Waals surface area contributed by atoms with Gasteiger partial charge in [-0.15, -0.1) is 0 Å². The number of aldehydes is 1. The summed E-state index contributed by atoms with van der Waals surface area (Å²) in [7, 11) is -1.30. The lowest BCUT2D eigenvalue weighted by Crippen LogP contribution is -2.49. The van der Waals surface area contributed by atoms with Crippen LogP contribution in [0.15, 0.2) is 47.5 Å². The van der Waals surface area contributed by atoms with E-state index in [0.717, 1.165) is 6.54 Å². The highest BCUT2D eigenvalue weighted by molar-refractivity contribution is 7.82. The van der Waals surface area contributed by atoms with E-state index >= 15 is 0 Å². The van der Waals surface area contributed by atoms with Crippen LogP contribution in [0.4, 0.5) is 4.39 Å². The quantitative estimate of drug-likeness (QED) is 0.593. The van der Waals surface area contributed by atoms with Crippen LogP contribution in [-0.4, -0.2) is 45.5 Å². The molecule has 1 N–H and O–H groups in total. The molecule has 3 aromatic rings. The average Bonchev–Trinajstić information content (AvgIpc) is 2.78. The molecule has 2 atom stereocenters. The minimum Gasteiger partial charge on any atom is -0.456 e. The molecule has 1 aliphatic heterocycles. The summed E-state index contributed by atoms with van der Waals surface area (Å²) in [6.45, 7) is 5.89. The van der Waals surface area contributed by atoms with Gasteiger partial charge in [0.05, 0.1) is 10.4 Å². The Bertz CT molecular complexity index is 1150. The smallest absolute Gasteiger partial charge is 0.138 e. The van der Waals surface area contributed by atoms with Gasteiger partial charge < -0.3 is 14.8 Å². The van der Waals surface area contributed by atoms with Crippen LogP contribution in [-0.2, 0) is 22.2 Å². The molecule has 4 rings (SSSR count). The molecule has 1 aliphatic rings. The molecule has 2 heterocycles. The summed E-state index contributed by atoms with van der Waals surface area (Å²) < 4.78 is 35.7. The van der Waals surface area contributed by atoms with Crippen molar-refractivity contribution < 1.29 is 18.1 Å². The van der Waals surface area contributed by atoms with Gasteiger partial charge in [-0.2, -0.15) is 0 Å². The second kappa shape index (κ2) is 9.21. The second-order valence-electron chi connectivity index (χ2n) is 7.62. The van der Waals surface area contributed by atoms with Crippen LogP contribution in [0.3, 0.4) is 0 Å². The summed E-state index contributed by atoms with van der Waals surface area (Å²) in [5.74, 6) is 0.419. The van der Waals surface area contributed by atoms with Crippen molar-refractivity contribution in [3.05, 3.63) is 59.5 Å². The number of benzene rings is 2. The van der Waals surface area contributed by atoms with Crippen LogP contribution in [0.5, 0.6) is 11.5 Å². The van der Waals surface area contributed by atoms with Crippen molar-refractivity contribution in [2.24, 2.45) is 0 Å². The number of halogens is 1. The van der Waals surface area contributed by atoms with E-state index in [9.17, 15) is 13.4 Å². The molecule has 31 heavy (non-hydrogen) atoms. The van der Waals surface area contributed by atoms with Crippen LogP contribution in [0, 0.1) is 12.7 Å². The summed E-state index contributed by atoms with van der Waals surface area (Å²) in [6.07, 6.45) is 2.32.